The Kier molecular flexibility index (Phi) is 53.9. The van der Waals surface area contributed by atoms with Gasteiger partial charge < -0.3 is 14.2 Å². The minimum atomic E-state index is -0.433. The number of rotatable bonds is 51. The van der Waals surface area contributed by atoms with Crippen molar-refractivity contribution in [3.8, 4) is 0 Å². The minimum absolute atomic E-state index is 0.121. The summed E-state index contributed by atoms with van der Waals surface area (Å²) in [5.74, 6) is -0.415. The van der Waals surface area contributed by atoms with Crippen molar-refractivity contribution in [2.75, 3.05) is 19.8 Å². The first-order chi connectivity index (χ1) is 32.6. The van der Waals surface area contributed by atoms with Crippen molar-refractivity contribution in [2.24, 2.45) is 0 Å². The molecule has 0 bridgehead atoms. The molecule has 0 unspecified atom stereocenters. The van der Waals surface area contributed by atoms with E-state index < -0.39 is 6.10 Å². The summed E-state index contributed by atoms with van der Waals surface area (Å²) in [4.78, 5) is 25.3. The second kappa shape index (κ2) is 56.4. The Hall–Kier alpha value is -2.92. The summed E-state index contributed by atoms with van der Waals surface area (Å²) in [7, 11) is 0. The lowest BCUT2D eigenvalue weighted by Crippen LogP contribution is -2.29. The maximum Gasteiger partial charge on any atom is 0.305 e. The maximum atomic E-state index is 12.6. The van der Waals surface area contributed by atoms with E-state index in [0.29, 0.717) is 19.4 Å². The van der Waals surface area contributed by atoms with Gasteiger partial charge in [0.2, 0.25) is 0 Å². The third-order valence-corrected chi connectivity index (χ3v) is 12.0. The molecule has 0 fully saturated rings. The third-order valence-electron chi connectivity index (χ3n) is 12.0. The number of esters is 2. The molecule has 1 atom stereocenters. The fourth-order valence-corrected chi connectivity index (χ4v) is 7.73. The van der Waals surface area contributed by atoms with Gasteiger partial charge in [0.15, 0.2) is 0 Å². The summed E-state index contributed by atoms with van der Waals surface area (Å²) < 4.78 is 17.4. The summed E-state index contributed by atoms with van der Waals surface area (Å²) in [6, 6.07) is 0. The molecule has 0 aromatic carbocycles. The number of ether oxygens (including phenoxy) is 3. The van der Waals surface area contributed by atoms with Gasteiger partial charge in [0, 0.05) is 19.4 Å². The van der Waals surface area contributed by atoms with Gasteiger partial charge >= 0.3 is 11.9 Å². The van der Waals surface area contributed by atoms with Gasteiger partial charge in [0.25, 0.3) is 0 Å². The Morgan fingerprint density at radius 3 is 1.03 bits per heavy atom. The first-order valence-electron chi connectivity index (χ1n) is 28.1. The van der Waals surface area contributed by atoms with Crippen LogP contribution in [0.15, 0.2) is 85.1 Å². The van der Waals surface area contributed by atoms with Crippen LogP contribution in [0.25, 0.3) is 0 Å². The average Bonchev–Trinajstić information content (AvgIpc) is 3.32. The lowest BCUT2D eigenvalue weighted by atomic mass is 10.0. The van der Waals surface area contributed by atoms with Gasteiger partial charge in [-0.15, -0.1) is 0 Å². The highest BCUT2D eigenvalue weighted by Gasteiger charge is 2.16. The molecule has 0 heterocycles. The Morgan fingerprint density at radius 2 is 0.636 bits per heavy atom. The molecule has 380 valence electrons. The maximum absolute atomic E-state index is 12.6. The van der Waals surface area contributed by atoms with Gasteiger partial charge in [-0.3, -0.25) is 9.59 Å². The Morgan fingerprint density at radius 1 is 0.333 bits per heavy atom. The number of carbonyl (C=O) groups excluding carboxylic acids is 2. The van der Waals surface area contributed by atoms with Crippen LogP contribution < -0.4 is 0 Å². The van der Waals surface area contributed by atoms with E-state index in [0.717, 1.165) is 96.3 Å². The standard InChI is InChI=1S/C61H106O5/c1-4-7-10-13-16-19-22-25-28-31-33-36-39-42-45-48-51-54-60(62)65-57-59(64-56-53-50-47-44-41-38-35-30-27-24-21-18-15-12-9-6-3)58-66-61(63)55-52-49-46-43-40-37-34-32-29-26-23-20-17-14-11-8-5-2/h7,10,16,19,25-26,28-29,33-34,36-37,43,46,59H,4-6,8-9,11-15,17-18,20-24,27,30-32,35,38-42,44-45,47-58H2,1-3H3/b10-7-,19-16-,28-25-,29-26-,36-33-,37-34-,46-43-/t59-/m1/s1. The summed E-state index contributed by atoms with van der Waals surface area (Å²) in [6.07, 6.45) is 74.8. The predicted molar refractivity (Wildman–Crippen MR) is 288 cm³/mol. The summed E-state index contributed by atoms with van der Waals surface area (Å²) in [5.41, 5.74) is 0. The number of hydrogen-bond acceptors (Lipinski definition) is 5. The molecule has 0 aliphatic rings. The van der Waals surface area contributed by atoms with Crippen LogP contribution in [-0.4, -0.2) is 37.9 Å². The number of unbranched alkanes of at least 4 members (excludes halogenated alkanes) is 26. The summed E-state index contributed by atoms with van der Waals surface area (Å²) in [6.45, 7) is 7.55. The van der Waals surface area contributed by atoms with Crippen LogP contribution in [-0.2, 0) is 23.8 Å². The zero-order chi connectivity index (χ0) is 47.7. The van der Waals surface area contributed by atoms with Crippen molar-refractivity contribution in [3.63, 3.8) is 0 Å². The zero-order valence-electron chi connectivity index (χ0n) is 43.7. The van der Waals surface area contributed by atoms with E-state index in [4.69, 9.17) is 14.2 Å². The topological polar surface area (TPSA) is 61.8 Å². The highest BCUT2D eigenvalue weighted by Crippen LogP contribution is 2.15. The first-order valence-corrected chi connectivity index (χ1v) is 28.1. The van der Waals surface area contributed by atoms with E-state index >= 15 is 0 Å². The number of carbonyl (C=O) groups is 2. The monoisotopic (exact) mass is 919 g/mol. The van der Waals surface area contributed by atoms with Gasteiger partial charge in [-0.25, -0.2) is 0 Å². The minimum Gasteiger partial charge on any atom is -0.463 e. The van der Waals surface area contributed by atoms with Crippen LogP contribution >= 0.6 is 0 Å². The SMILES string of the molecule is CC/C=C\C/C=C\C/C=C\C/C=C\CCCCCCC(=O)OC[C@H](COC(=O)CCC/C=C\C/C=C\C/C=C\CCCCCCCC)OCCCCCCCCCCCCCCCCCC. The van der Waals surface area contributed by atoms with Gasteiger partial charge in [-0.05, 0) is 89.9 Å². The van der Waals surface area contributed by atoms with E-state index in [-0.39, 0.29) is 25.2 Å². The second-order valence-electron chi connectivity index (χ2n) is 18.5. The van der Waals surface area contributed by atoms with Crippen LogP contribution in [0, 0.1) is 0 Å². The van der Waals surface area contributed by atoms with Crippen molar-refractivity contribution < 1.29 is 23.8 Å². The molecular weight excluding hydrogens is 813 g/mol. The van der Waals surface area contributed by atoms with Crippen molar-refractivity contribution in [1.82, 2.24) is 0 Å². The first kappa shape index (κ1) is 63.1. The molecule has 0 aromatic heterocycles. The Balaban J connectivity index is 4.38. The fraction of sp³-hybridized carbons (Fsp3) is 0.738. The third kappa shape index (κ3) is 53.7. The molecule has 5 nitrogen and oxygen atoms in total. The molecule has 0 amide bonds. The van der Waals surface area contributed by atoms with Gasteiger partial charge in [0.05, 0.1) is 0 Å². The largest absolute Gasteiger partial charge is 0.463 e. The van der Waals surface area contributed by atoms with Crippen LogP contribution in [0.4, 0.5) is 0 Å². The average molecular weight is 920 g/mol. The second-order valence-corrected chi connectivity index (χ2v) is 18.5. The van der Waals surface area contributed by atoms with Crippen molar-refractivity contribution >= 4 is 11.9 Å². The van der Waals surface area contributed by atoms with Crippen molar-refractivity contribution in [3.05, 3.63) is 85.1 Å². The molecule has 0 spiro atoms. The van der Waals surface area contributed by atoms with Crippen molar-refractivity contribution in [1.29, 1.82) is 0 Å². The molecule has 0 saturated heterocycles. The molecule has 5 heteroatoms. The highest BCUT2D eigenvalue weighted by molar-refractivity contribution is 5.69. The van der Waals surface area contributed by atoms with E-state index in [9.17, 15) is 9.59 Å². The van der Waals surface area contributed by atoms with Crippen LogP contribution in [0.1, 0.15) is 265 Å². The van der Waals surface area contributed by atoms with Crippen LogP contribution in [0.5, 0.6) is 0 Å². The lowest BCUT2D eigenvalue weighted by molar-refractivity contribution is -0.155. The highest BCUT2D eigenvalue weighted by atomic mass is 16.6. The number of allylic oxidation sites excluding steroid dienone is 14. The molecule has 0 rings (SSSR count). The van der Waals surface area contributed by atoms with Crippen LogP contribution in [0.3, 0.4) is 0 Å². The van der Waals surface area contributed by atoms with E-state index in [2.05, 4.69) is 106 Å². The summed E-state index contributed by atoms with van der Waals surface area (Å²) in [5, 5.41) is 0. The predicted octanol–water partition coefficient (Wildman–Crippen LogP) is 19.2. The van der Waals surface area contributed by atoms with Gasteiger partial charge in [-0.2, -0.15) is 0 Å². The van der Waals surface area contributed by atoms with E-state index in [1.54, 1.807) is 0 Å². The van der Waals surface area contributed by atoms with E-state index in [1.807, 2.05) is 0 Å². The number of hydrogen-bond donors (Lipinski definition) is 0. The molecular formula is C61H106O5. The summed E-state index contributed by atoms with van der Waals surface area (Å²) >= 11 is 0. The van der Waals surface area contributed by atoms with Gasteiger partial charge in [-0.1, -0.05) is 247 Å². The fourth-order valence-electron chi connectivity index (χ4n) is 7.73. The van der Waals surface area contributed by atoms with Gasteiger partial charge in [0.1, 0.15) is 19.3 Å². The van der Waals surface area contributed by atoms with Crippen molar-refractivity contribution in [2.45, 2.75) is 271 Å². The zero-order valence-corrected chi connectivity index (χ0v) is 43.7. The Bertz CT molecular complexity index is 1220. The van der Waals surface area contributed by atoms with Crippen LogP contribution in [0.2, 0.25) is 0 Å². The van der Waals surface area contributed by atoms with E-state index in [1.165, 1.54) is 135 Å². The molecule has 0 aliphatic heterocycles. The molecule has 66 heavy (non-hydrogen) atoms. The quantitative estimate of drug-likeness (QED) is 0.0346. The Labute approximate surface area is 409 Å². The molecule has 0 aromatic rings. The smallest absolute Gasteiger partial charge is 0.305 e. The molecule has 0 N–H and O–H groups in total. The molecule has 0 saturated carbocycles. The molecule has 0 radical (unpaired) electrons. The lowest BCUT2D eigenvalue weighted by Gasteiger charge is -2.18. The normalized spacial score (nSPS) is 12.8. The molecule has 0 aliphatic carbocycles.